The van der Waals surface area contributed by atoms with E-state index in [2.05, 4.69) is 0 Å². The summed E-state index contributed by atoms with van der Waals surface area (Å²) in [7, 11) is 1.77. The Labute approximate surface area is 131 Å². The van der Waals surface area contributed by atoms with Crippen molar-refractivity contribution in [2.75, 3.05) is 20.1 Å². The first kappa shape index (κ1) is 17.5. The minimum atomic E-state index is -0.809. The molecule has 0 aliphatic carbocycles. The number of nitrogens with two attached hydrogens (primary N) is 1. The lowest BCUT2D eigenvalue weighted by atomic mass is 9.96. The molecule has 1 aromatic rings. The highest BCUT2D eigenvalue weighted by molar-refractivity contribution is 5.99. The molecule has 1 aromatic carbocycles. The molecule has 0 bridgehead atoms. The van der Waals surface area contributed by atoms with Crippen LogP contribution in [0.4, 0.5) is 0 Å². The van der Waals surface area contributed by atoms with Gasteiger partial charge in [0.15, 0.2) is 0 Å². The summed E-state index contributed by atoms with van der Waals surface area (Å²) < 4.78 is 0. The summed E-state index contributed by atoms with van der Waals surface area (Å²) in [6.45, 7) is 5.14. The van der Waals surface area contributed by atoms with Crippen LogP contribution in [0.25, 0.3) is 0 Å². The van der Waals surface area contributed by atoms with Crippen LogP contribution in [0, 0.1) is 0 Å². The van der Waals surface area contributed by atoms with Gasteiger partial charge in [0, 0.05) is 32.2 Å². The molecule has 0 atom stereocenters. The van der Waals surface area contributed by atoms with E-state index in [1.54, 1.807) is 42.8 Å². The molecule has 0 aromatic heterocycles. The maximum atomic E-state index is 12.6. The maximum Gasteiger partial charge on any atom is 0.254 e. The monoisotopic (exact) mass is 311 g/mol. The van der Waals surface area contributed by atoms with Crippen molar-refractivity contribution in [1.82, 2.24) is 9.80 Å². The van der Waals surface area contributed by atoms with Gasteiger partial charge in [-0.15, -0.1) is 12.4 Å². The van der Waals surface area contributed by atoms with Crippen molar-refractivity contribution in [3.8, 4) is 0 Å². The molecule has 6 heteroatoms. The SMILES string of the molecule is CN1CCN(C(=O)c2ccc(CN)cc2)C(C)(C)C1=O.Cl. The van der Waals surface area contributed by atoms with Crippen molar-refractivity contribution >= 4 is 24.2 Å². The summed E-state index contributed by atoms with van der Waals surface area (Å²) in [6.07, 6.45) is 0. The van der Waals surface area contributed by atoms with E-state index >= 15 is 0 Å². The zero-order chi connectivity index (χ0) is 14.9. The Bertz CT molecular complexity index is 528. The highest BCUT2D eigenvalue weighted by atomic mass is 35.5. The van der Waals surface area contributed by atoms with Gasteiger partial charge in [-0.05, 0) is 31.5 Å². The summed E-state index contributed by atoms with van der Waals surface area (Å²) in [5, 5.41) is 0. The quantitative estimate of drug-likeness (QED) is 0.894. The summed E-state index contributed by atoms with van der Waals surface area (Å²) >= 11 is 0. The molecule has 1 fully saturated rings. The molecule has 2 amide bonds. The van der Waals surface area contributed by atoms with Crippen molar-refractivity contribution in [2.24, 2.45) is 5.73 Å². The fourth-order valence-corrected chi connectivity index (χ4v) is 2.51. The first-order valence-electron chi connectivity index (χ1n) is 6.74. The molecule has 1 saturated heterocycles. The van der Waals surface area contributed by atoms with E-state index < -0.39 is 5.54 Å². The first-order chi connectivity index (χ1) is 9.37. The number of carbonyl (C=O) groups excluding carboxylic acids is 2. The summed E-state index contributed by atoms with van der Waals surface area (Å²) in [6, 6.07) is 7.23. The fourth-order valence-electron chi connectivity index (χ4n) is 2.51. The lowest BCUT2D eigenvalue weighted by Gasteiger charge is -2.44. The summed E-state index contributed by atoms with van der Waals surface area (Å²) in [4.78, 5) is 28.1. The van der Waals surface area contributed by atoms with Crippen molar-refractivity contribution in [1.29, 1.82) is 0 Å². The van der Waals surface area contributed by atoms with E-state index in [-0.39, 0.29) is 24.2 Å². The Morgan fingerprint density at radius 1 is 1.24 bits per heavy atom. The second-order valence-corrected chi connectivity index (χ2v) is 5.64. The highest BCUT2D eigenvalue weighted by Gasteiger charge is 2.43. The summed E-state index contributed by atoms with van der Waals surface area (Å²) in [5.74, 6) is -0.143. The standard InChI is InChI=1S/C15H21N3O2.ClH/c1-15(2)14(20)17(3)8-9-18(15)13(19)12-6-4-11(10-16)5-7-12;/h4-7H,8-10,16H2,1-3H3;1H. The molecule has 21 heavy (non-hydrogen) atoms. The van der Waals surface area contributed by atoms with Gasteiger partial charge in [-0.25, -0.2) is 0 Å². The average molecular weight is 312 g/mol. The van der Waals surface area contributed by atoms with Crippen LogP contribution in [-0.2, 0) is 11.3 Å². The number of carbonyl (C=O) groups is 2. The maximum absolute atomic E-state index is 12.6. The molecular formula is C15H22ClN3O2. The summed E-state index contributed by atoms with van der Waals surface area (Å²) in [5.41, 5.74) is 6.31. The number of amides is 2. The molecule has 0 spiro atoms. The largest absolute Gasteiger partial charge is 0.342 e. The van der Waals surface area contributed by atoms with E-state index in [9.17, 15) is 9.59 Å². The zero-order valence-corrected chi connectivity index (χ0v) is 13.4. The molecule has 1 aliphatic heterocycles. The first-order valence-corrected chi connectivity index (χ1v) is 6.74. The molecule has 0 radical (unpaired) electrons. The van der Waals surface area contributed by atoms with Crippen molar-refractivity contribution in [3.63, 3.8) is 0 Å². The van der Waals surface area contributed by atoms with E-state index in [1.165, 1.54) is 0 Å². The van der Waals surface area contributed by atoms with Gasteiger partial charge >= 0.3 is 0 Å². The van der Waals surface area contributed by atoms with Crippen molar-refractivity contribution in [3.05, 3.63) is 35.4 Å². The molecule has 1 heterocycles. The van der Waals surface area contributed by atoms with Gasteiger partial charge in [0.25, 0.3) is 5.91 Å². The van der Waals surface area contributed by atoms with Gasteiger partial charge in [-0.1, -0.05) is 12.1 Å². The predicted octanol–water partition coefficient (Wildman–Crippen LogP) is 1.26. The molecule has 5 nitrogen and oxygen atoms in total. The third-order valence-corrected chi connectivity index (χ3v) is 3.89. The van der Waals surface area contributed by atoms with Gasteiger partial charge in [0.1, 0.15) is 5.54 Å². The van der Waals surface area contributed by atoms with Crippen LogP contribution in [-0.4, -0.2) is 47.3 Å². The van der Waals surface area contributed by atoms with Crippen LogP contribution >= 0.6 is 12.4 Å². The molecule has 0 saturated carbocycles. The third-order valence-electron chi connectivity index (χ3n) is 3.89. The molecule has 116 valence electrons. The van der Waals surface area contributed by atoms with Gasteiger partial charge in [-0.2, -0.15) is 0 Å². The lowest BCUT2D eigenvalue weighted by molar-refractivity contribution is -0.144. The van der Waals surface area contributed by atoms with Gasteiger partial charge < -0.3 is 15.5 Å². The Balaban J connectivity index is 0.00000220. The van der Waals surface area contributed by atoms with Gasteiger partial charge in [0.05, 0.1) is 0 Å². The lowest BCUT2D eigenvalue weighted by Crippen LogP contribution is -2.63. The molecule has 2 N–H and O–H groups in total. The predicted molar refractivity (Wildman–Crippen MR) is 84.3 cm³/mol. The number of hydrogen-bond acceptors (Lipinski definition) is 3. The van der Waals surface area contributed by atoms with Crippen molar-refractivity contribution in [2.45, 2.75) is 25.9 Å². The molecule has 1 aliphatic rings. The number of rotatable bonds is 2. The minimum Gasteiger partial charge on any atom is -0.342 e. The van der Waals surface area contributed by atoms with E-state index in [1.807, 2.05) is 12.1 Å². The highest BCUT2D eigenvalue weighted by Crippen LogP contribution is 2.24. The van der Waals surface area contributed by atoms with E-state index in [0.29, 0.717) is 25.2 Å². The average Bonchev–Trinajstić information content (AvgIpc) is 2.44. The Kier molecular flexibility index (Phi) is 5.36. The van der Waals surface area contributed by atoms with E-state index in [0.717, 1.165) is 5.56 Å². The zero-order valence-electron chi connectivity index (χ0n) is 12.6. The number of nitrogens with zero attached hydrogens (tertiary/aromatic N) is 2. The van der Waals surface area contributed by atoms with Crippen LogP contribution < -0.4 is 5.73 Å². The normalized spacial score (nSPS) is 17.4. The Morgan fingerprint density at radius 3 is 2.33 bits per heavy atom. The van der Waals surface area contributed by atoms with Crippen LogP contribution in [0.2, 0.25) is 0 Å². The fraction of sp³-hybridized carbons (Fsp3) is 0.467. The van der Waals surface area contributed by atoms with Gasteiger partial charge in [-0.3, -0.25) is 9.59 Å². The number of halogens is 1. The molecular weight excluding hydrogens is 290 g/mol. The number of piperazine rings is 1. The van der Waals surface area contributed by atoms with Crippen molar-refractivity contribution < 1.29 is 9.59 Å². The molecule has 0 unspecified atom stereocenters. The second kappa shape index (κ2) is 6.45. The Hall–Kier alpha value is -1.59. The topological polar surface area (TPSA) is 66.6 Å². The molecule has 2 rings (SSSR count). The number of benzene rings is 1. The third kappa shape index (κ3) is 3.19. The van der Waals surface area contributed by atoms with Crippen LogP contribution in [0.15, 0.2) is 24.3 Å². The second-order valence-electron chi connectivity index (χ2n) is 5.64. The van der Waals surface area contributed by atoms with Crippen LogP contribution in [0.3, 0.4) is 0 Å². The van der Waals surface area contributed by atoms with Crippen LogP contribution in [0.5, 0.6) is 0 Å². The van der Waals surface area contributed by atoms with Gasteiger partial charge in [0.2, 0.25) is 5.91 Å². The van der Waals surface area contributed by atoms with Crippen LogP contribution in [0.1, 0.15) is 29.8 Å². The smallest absolute Gasteiger partial charge is 0.254 e. The number of hydrogen-bond donors (Lipinski definition) is 1. The Morgan fingerprint density at radius 2 is 1.81 bits per heavy atom. The minimum absolute atomic E-state index is 0. The van der Waals surface area contributed by atoms with E-state index in [4.69, 9.17) is 5.73 Å². The number of likely N-dealkylation sites (N-methyl/N-ethyl adjacent to an activating group) is 1.